The molecule has 0 aliphatic carbocycles. The van der Waals surface area contributed by atoms with Gasteiger partial charge >= 0.3 is 6.09 Å². The number of nitrogens with one attached hydrogen (secondary N) is 1. The summed E-state index contributed by atoms with van der Waals surface area (Å²) >= 11 is 5.92. The molecule has 5 nitrogen and oxygen atoms in total. The van der Waals surface area contributed by atoms with Gasteiger partial charge < -0.3 is 15.3 Å². The van der Waals surface area contributed by atoms with E-state index in [-0.39, 0.29) is 5.91 Å². The van der Waals surface area contributed by atoms with Crippen molar-refractivity contribution in [2.45, 2.75) is 12.8 Å². The van der Waals surface area contributed by atoms with E-state index in [4.69, 9.17) is 16.7 Å². The number of carbonyl (C=O) groups is 2. The molecule has 0 atom stereocenters. The van der Waals surface area contributed by atoms with E-state index in [1.807, 2.05) is 6.07 Å². The van der Waals surface area contributed by atoms with E-state index >= 15 is 0 Å². The van der Waals surface area contributed by atoms with Gasteiger partial charge in [0.2, 0.25) is 0 Å². The Balaban J connectivity index is 1.93. The first-order valence-corrected chi connectivity index (χ1v) is 6.75. The molecule has 104 valence electrons. The Morgan fingerprint density at radius 2 is 2.00 bits per heavy atom. The molecule has 2 heterocycles. The van der Waals surface area contributed by atoms with Gasteiger partial charge in [-0.15, -0.1) is 0 Å². The number of amides is 2. The van der Waals surface area contributed by atoms with Crippen LogP contribution in [0.4, 0.5) is 10.5 Å². The Labute approximate surface area is 120 Å². The van der Waals surface area contributed by atoms with Crippen molar-refractivity contribution in [1.29, 1.82) is 0 Å². The highest BCUT2D eigenvalue weighted by molar-refractivity contribution is 6.34. The van der Waals surface area contributed by atoms with Gasteiger partial charge in [0.1, 0.15) is 0 Å². The SMILES string of the molecule is O=C1Nc2cc(Cl)ccc2C1=C1CCN(C(=O)O)CC1. The minimum Gasteiger partial charge on any atom is -0.465 e. The molecule has 3 rings (SSSR count). The number of carbonyl (C=O) groups excluding carboxylic acids is 1. The van der Waals surface area contributed by atoms with Crippen molar-refractivity contribution in [1.82, 2.24) is 4.90 Å². The van der Waals surface area contributed by atoms with Gasteiger partial charge in [0, 0.05) is 29.2 Å². The predicted molar refractivity (Wildman–Crippen MR) is 75.8 cm³/mol. The summed E-state index contributed by atoms with van der Waals surface area (Å²) in [6.45, 7) is 0.870. The number of anilines is 1. The topological polar surface area (TPSA) is 69.6 Å². The van der Waals surface area contributed by atoms with Gasteiger partial charge in [-0.1, -0.05) is 23.2 Å². The molecule has 2 amide bonds. The number of likely N-dealkylation sites (tertiary alicyclic amines) is 1. The highest BCUT2D eigenvalue weighted by atomic mass is 35.5. The van der Waals surface area contributed by atoms with E-state index in [9.17, 15) is 9.59 Å². The number of rotatable bonds is 0. The first-order chi connectivity index (χ1) is 9.56. The van der Waals surface area contributed by atoms with E-state index in [1.165, 1.54) is 4.90 Å². The lowest BCUT2D eigenvalue weighted by molar-refractivity contribution is -0.110. The summed E-state index contributed by atoms with van der Waals surface area (Å²) < 4.78 is 0. The lowest BCUT2D eigenvalue weighted by Crippen LogP contribution is -2.35. The molecule has 0 bridgehead atoms. The van der Waals surface area contributed by atoms with Crippen molar-refractivity contribution in [2.24, 2.45) is 0 Å². The molecule has 1 saturated heterocycles. The number of hydrogen-bond acceptors (Lipinski definition) is 2. The Hall–Kier alpha value is -2.01. The maximum atomic E-state index is 12.1. The van der Waals surface area contributed by atoms with Crippen LogP contribution in [-0.2, 0) is 4.79 Å². The third-order valence-corrected chi connectivity index (χ3v) is 3.95. The van der Waals surface area contributed by atoms with Crippen LogP contribution >= 0.6 is 11.6 Å². The second-order valence-corrected chi connectivity index (χ2v) is 5.33. The lowest BCUT2D eigenvalue weighted by atomic mass is 9.94. The Kier molecular flexibility index (Phi) is 3.14. The maximum Gasteiger partial charge on any atom is 0.407 e. The number of fused-ring (bicyclic) bond motifs is 1. The number of halogens is 1. The zero-order chi connectivity index (χ0) is 14.3. The van der Waals surface area contributed by atoms with Gasteiger partial charge in [0.05, 0.1) is 5.69 Å². The van der Waals surface area contributed by atoms with E-state index in [2.05, 4.69) is 5.32 Å². The summed E-state index contributed by atoms with van der Waals surface area (Å²) in [4.78, 5) is 24.4. The number of carboxylic acid groups (broad SMARTS) is 1. The third kappa shape index (κ3) is 2.14. The summed E-state index contributed by atoms with van der Waals surface area (Å²) in [5.74, 6) is -0.124. The van der Waals surface area contributed by atoms with Crippen LogP contribution in [0.2, 0.25) is 5.02 Å². The highest BCUT2D eigenvalue weighted by Crippen LogP contribution is 2.38. The number of hydrogen-bond donors (Lipinski definition) is 2. The summed E-state index contributed by atoms with van der Waals surface area (Å²) in [6.07, 6.45) is 0.283. The standard InChI is InChI=1S/C14H13ClN2O3/c15-9-1-2-10-11(7-9)16-13(18)12(10)8-3-5-17(6-4-8)14(19)20/h1-2,7H,3-6H2,(H,16,18)(H,19,20). The quantitative estimate of drug-likeness (QED) is 0.722. The Morgan fingerprint density at radius 1 is 1.30 bits per heavy atom. The molecular weight excluding hydrogens is 280 g/mol. The number of benzene rings is 1. The monoisotopic (exact) mass is 292 g/mol. The van der Waals surface area contributed by atoms with Crippen molar-refractivity contribution >= 4 is 34.9 Å². The van der Waals surface area contributed by atoms with Crippen LogP contribution in [0.15, 0.2) is 23.8 Å². The molecule has 6 heteroatoms. The molecular formula is C14H13ClN2O3. The number of nitrogens with zero attached hydrogens (tertiary/aromatic N) is 1. The second kappa shape index (κ2) is 4.83. The van der Waals surface area contributed by atoms with Crippen molar-refractivity contribution < 1.29 is 14.7 Å². The highest BCUT2D eigenvalue weighted by Gasteiger charge is 2.29. The number of piperidine rings is 1. The Bertz CT molecular complexity index is 629. The van der Waals surface area contributed by atoms with Crippen molar-refractivity contribution in [3.8, 4) is 0 Å². The van der Waals surface area contributed by atoms with Crippen LogP contribution in [0.5, 0.6) is 0 Å². The molecule has 0 spiro atoms. The van der Waals surface area contributed by atoms with Crippen LogP contribution < -0.4 is 5.32 Å². The third-order valence-electron chi connectivity index (χ3n) is 3.72. The predicted octanol–water partition coefficient (Wildman–Crippen LogP) is 2.82. The molecule has 1 aromatic rings. The van der Waals surface area contributed by atoms with E-state index in [0.29, 0.717) is 36.5 Å². The molecule has 0 aromatic heterocycles. The van der Waals surface area contributed by atoms with Crippen molar-refractivity contribution in [2.75, 3.05) is 18.4 Å². The van der Waals surface area contributed by atoms with Crippen LogP contribution in [0.1, 0.15) is 18.4 Å². The molecule has 1 aromatic carbocycles. The largest absolute Gasteiger partial charge is 0.465 e. The molecule has 2 aliphatic heterocycles. The first-order valence-electron chi connectivity index (χ1n) is 6.37. The lowest BCUT2D eigenvalue weighted by Gasteiger charge is -2.26. The van der Waals surface area contributed by atoms with Gasteiger partial charge in [-0.05, 0) is 25.0 Å². The molecule has 2 N–H and O–H groups in total. The summed E-state index contributed by atoms with van der Waals surface area (Å²) in [5.41, 5.74) is 3.28. The smallest absolute Gasteiger partial charge is 0.407 e. The normalized spacial score (nSPS) is 18.1. The van der Waals surface area contributed by atoms with E-state index in [0.717, 1.165) is 16.8 Å². The van der Waals surface area contributed by atoms with E-state index < -0.39 is 6.09 Å². The summed E-state index contributed by atoms with van der Waals surface area (Å²) in [7, 11) is 0. The van der Waals surface area contributed by atoms with Crippen molar-refractivity contribution in [3.63, 3.8) is 0 Å². The van der Waals surface area contributed by atoms with Crippen LogP contribution in [0.3, 0.4) is 0 Å². The fourth-order valence-electron chi connectivity index (χ4n) is 2.71. The van der Waals surface area contributed by atoms with Crippen LogP contribution in [-0.4, -0.2) is 35.1 Å². The molecule has 0 saturated carbocycles. The van der Waals surface area contributed by atoms with Crippen LogP contribution in [0.25, 0.3) is 5.57 Å². The molecule has 2 aliphatic rings. The van der Waals surface area contributed by atoms with Gasteiger partial charge in [-0.2, -0.15) is 0 Å². The summed E-state index contributed by atoms with van der Waals surface area (Å²) in [5, 5.41) is 12.3. The zero-order valence-corrected chi connectivity index (χ0v) is 11.4. The average Bonchev–Trinajstić information content (AvgIpc) is 2.73. The Morgan fingerprint density at radius 3 is 2.65 bits per heavy atom. The fourth-order valence-corrected chi connectivity index (χ4v) is 2.89. The van der Waals surface area contributed by atoms with Gasteiger partial charge in [-0.25, -0.2) is 4.79 Å². The average molecular weight is 293 g/mol. The molecule has 0 radical (unpaired) electrons. The van der Waals surface area contributed by atoms with E-state index in [1.54, 1.807) is 12.1 Å². The minimum atomic E-state index is -0.905. The minimum absolute atomic E-state index is 0.124. The second-order valence-electron chi connectivity index (χ2n) is 4.89. The van der Waals surface area contributed by atoms with Gasteiger partial charge in [-0.3, -0.25) is 4.79 Å². The summed E-state index contributed by atoms with van der Waals surface area (Å²) in [6, 6.07) is 5.32. The molecule has 20 heavy (non-hydrogen) atoms. The fraction of sp³-hybridized carbons (Fsp3) is 0.286. The first kappa shape index (κ1) is 13.0. The van der Waals surface area contributed by atoms with Gasteiger partial charge in [0.15, 0.2) is 0 Å². The molecule has 1 fully saturated rings. The zero-order valence-electron chi connectivity index (χ0n) is 10.6. The van der Waals surface area contributed by atoms with Gasteiger partial charge in [0.25, 0.3) is 5.91 Å². The van der Waals surface area contributed by atoms with Crippen molar-refractivity contribution in [3.05, 3.63) is 34.4 Å². The maximum absolute atomic E-state index is 12.1. The molecule has 0 unspecified atom stereocenters. The van der Waals surface area contributed by atoms with Crippen LogP contribution in [0, 0.1) is 0 Å².